The van der Waals surface area contributed by atoms with Gasteiger partial charge in [0.05, 0.1) is 17.1 Å². The van der Waals surface area contributed by atoms with E-state index in [1.54, 1.807) is 57.2 Å². The molecule has 0 radical (unpaired) electrons. The van der Waals surface area contributed by atoms with E-state index in [0.29, 0.717) is 41.0 Å². The predicted molar refractivity (Wildman–Crippen MR) is 129 cm³/mol. The lowest BCUT2D eigenvalue weighted by Crippen LogP contribution is -2.18. The highest BCUT2D eigenvalue weighted by molar-refractivity contribution is 7.90. The summed E-state index contributed by atoms with van der Waals surface area (Å²) in [7, 11) is -3.28. The molecule has 0 aliphatic heterocycles. The van der Waals surface area contributed by atoms with Crippen molar-refractivity contribution < 1.29 is 32.3 Å². The number of nitrogens with zero attached hydrogens (tertiary/aromatic N) is 1. The molecule has 3 rings (SSSR count). The summed E-state index contributed by atoms with van der Waals surface area (Å²) in [4.78, 5) is 21.4. The molecule has 186 valence electrons. The summed E-state index contributed by atoms with van der Waals surface area (Å²) in [6.07, 6.45) is 1.38. The van der Waals surface area contributed by atoms with Gasteiger partial charge in [0.1, 0.15) is 23.8 Å². The number of ether oxygens (including phenoxy) is 1. The van der Waals surface area contributed by atoms with E-state index in [2.05, 4.69) is 10.5 Å². The molecule has 0 atom stereocenters. The topological polar surface area (TPSA) is 128 Å². The number of carboxylic acids is 1. The summed E-state index contributed by atoms with van der Waals surface area (Å²) in [5.41, 5.74) is 5.39. The van der Waals surface area contributed by atoms with E-state index in [1.807, 2.05) is 0 Å². The fraction of sp³-hybridized carbons (Fsp3) is 0.280. The molecule has 0 bridgehead atoms. The lowest BCUT2D eigenvalue weighted by atomic mass is 10.0. The SMILES string of the molecule is CCONC(C)=C(Cc1ccc(OCc2nc(-c3ccc(S(C)(=O)=O)cc3)oc2C)cc1)C(=O)O. The summed E-state index contributed by atoms with van der Waals surface area (Å²) in [6.45, 7) is 5.83. The number of aromatic nitrogens is 1. The number of hydrogen-bond acceptors (Lipinski definition) is 8. The van der Waals surface area contributed by atoms with Crippen LogP contribution < -0.4 is 10.2 Å². The number of aliphatic carboxylic acids is 1. The molecule has 10 heteroatoms. The first kappa shape index (κ1) is 26.0. The molecule has 0 aliphatic carbocycles. The molecular formula is C25H28N2O7S. The van der Waals surface area contributed by atoms with Gasteiger partial charge >= 0.3 is 5.97 Å². The van der Waals surface area contributed by atoms with E-state index >= 15 is 0 Å². The van der Waals surface area contributed by atoms with Crippen LogP contribution in [0.3, 0.4) is 0 Å². The van der Waals surface area contributed by atoms with Crippen molar-refractivity contribution in [3.05, 3.63) is 76.8 Å². The Morgan fingerprint density at radius 1 is 1.11 bits per heavy atom. The minimum absolute atomic E-state index is 0.174. The normalized spacial score (nSPS) is 12.2. The molecule has 0 aliphatic rings. The molecule has 35 heavy (non-hydrogen) atoms. The summed E-state index contributed by atoms with van der Waals surface area (Å²) in [5.74, 6) is 0.552. The van der Waals surface area contributed by atoms with Crippen molar-refractivity contribution in [3.63, 3.8) is 0 Å². The van der Waals surface area contributed by atoms with Gasteiger partial charge < -0.3 is 14.3 Å². The van der Waals surface area contributed by atoms with Crippen molar-refractivity contribution in [2.45, 2.75) is 38.7 Å². The fourth-order valence-corrected chi connectivity index (χ4v) is 3.83. The third kappa shape index (κ3) is 6.93. The maximum atomic E-state index is 11.6. The molecule has 0 spiro atoms. The average Bonchev–Trinajstić information content (AvgIpc) is 3.20. The zero-order valence-electron chi connectivity index (χ0n) is 20.0. The number of benzene rings is 2. The Kier molecular flexibility index (Phi) is 8.31. The van der Waals surface area contributed by atoms with Gasteiger partial charge in [-0.1, -0.05) is 12.1 Å². The van der Waals surface area contributed by atoms with E-state index in [9.17, 15) is 18.3 Å². The monoisotopic (exact) mass is 500 g/mol. The van der Waals surface area contributed by atoms with E-state index in [-0.39, 0.29) is 23.5 Å². The van der Waals surface area contributed by atoms with Gasteiger partial charge in [0, 0.05) is 23.9 Å². The molecule has 1 aromatic heterocycles. The first-order valence-electron chi connectivity index (χ1n) is 10.9. The molecule has 0 saturated carbocycles. The van der Waals surface area contributed by atoms with Gasteiger partial charge in [-0.2, -0.15) is 0 Å². The van der Waals surface area contributed by atoms with E-state index < -0.39 is 15.8 Å². The largest absolute Gasteiger partial charge is 0.487 e. The van der Waals surface area contributed by atoms with E-state index in [4.69, 9.17) is 14.0 Å². The number of hydrogen-bond donors (Lipinski definition) is 2. The standard InChI is InChI=1S/C25H28N2O7S/c1-5-33-27-16(2)22(25(28)29)14-18-6-10-20(11-7-18)32-15-23-17(3)34-24(26-23)19-8-12-21(13-9-19)35(4,30)31/h6-13,27H,5,14-15H2,1-4H3,(H,28,29). The zero-order valence-corrected chi connectivity index (χ0v) is 20.8. The maximum absolute atomic E-state index is 11.6. The molecule has 0 amide bonds. The molecular weight excluding hydrogens is 472 g/mol. The van der Waals surface area contributed by atoms with Crippen molar-refractivity contribution in [1.29, 1.82) is 0 Å². The summed E-state index contributed by atoms with van der Waals surface area (Å²) < 4.78 is 34.8. The van der Waals surface area contributed by atoms with Crippen molar-refractivity contribution >= 4 is 15.8 Å². The lowest BCUT2D eigenvalue weighted by molar-refractivity contribution is -0.132. The van der Waals surface area contributed by atoms with Crippen LogP contribution in [-0.2, 0) is 32.5 Å². The Morgan fingerprint density at radius 2 is 1.77 bits per heavy atom. The van der Waals surface area contributed by atoms with E-state index in [0.717, 1.165) is 11.8 Å². The summed E-state index contributed by atoms with van der Waals surface area (Å²) in [5, 5.41) is 9.51. The number of rotatable bonds is 11. The lowest BCUT2D eigenvalue weighted by Gasteiger charge is -2.11. The maximum Gasteiger partial charge on any atom is 0.333 e. The summed E-state index contributed by atoms with van der Waals surface area (Å²) >= 11 is 0. The molecule has 0 saturated heterocycles. The number of carbonyl (C=O) groups is 1. The minimum Gasteiger partial charge on any atom is -0.487 e. The molecule has 1 heterocycles. The van der Waals surface area contributed by atoms with Crippen molar-refractivity contribution in [1.82, 2.24) is 10.5 Å². The van der Waals surface area contributed by atoms with Gasteiger partial charge in [-0.3, -0.25) is 10.3 Å². The van der Waals surface area contributed by atoms with Gasteiger partial charge in [-0.05, 0) is 62.7 Å². The van der Waals surface area contributed by atoms with Crippen LogP contribution >= 0.6 is 0 Å². The molecule has 2 aromatic carbocycles. The minimum atomic E-state index is -3.28. The van der Waals surface area contributed by atoms with Crippen molar-refractivity contribution in [3.8, 4) is 17.2 Å². The first-order valence-corrected chi connectivity index (χ1v) is 12.8. The van der Waals surface area contributed by atoms with Crippen molar-refractivity contribution in [2.75, 3.05) is 12.9 Å². The number of allylic oxidation sites excluding steroid dienone is 1. The smallest absolute Gasteiger partial charge is 0.333 e. The van der Waals surface area contributed by atoms with Gasteiger partial charge in [-0.25, -0.2) is 18.2 Å². The zero-order chi connectivity index (χ0) is 25.6. The second-order valence-electron chi connectivity index (χ2n) is 7.87. The third-order valence-corrected chi connectivity index (χ3v) is 6.31. The molecule has 0 unspecified atom stereocenters. The quantitative estimate of drug-likeness (QED) is 0.296. The number of hydroxylamine groups is 1. The highest BCUT2D eigenvalue weighted by Gasteiger charge is 2.15. The van der Waals surface area contributed by atoms with Gasteiger partial charge in [0.2, 0.25) is 5.89 Å². The van der Waals surface area contributed by atoms with E-state index in [1.165, 1.54) is 12.1 Å². The van der Waals surface area contributed by atoms with Crippen LogP contribution in [0, 0.1) is 6.92 Å². The summed E-state index contributed by atoms with van der Waals surface area (Å²) in [6, 6.07) is 13.5. The number of nitrogens with one attached hydrogen (secondary N) is 1. The number of carboxylic acid groups (broad SMARTS) is 1. The highest BCUT2D eigenvalue weighted by atomic mass is 32.2. The van der Waals surface area contributed by atoms with Gasteiger partial charge in [0.15, 0.2) is 9.84 Å². The van der Waals surface area contributed by atoms with Crippen LogP contribution in [0.1, 0.15) is 30.9 Å². The Bertz CT molecular complexity index is 1310. The molecule has 9 nitrogen and oxygen atoms in total. The molecule has 3 aromatic rings. The first-order chi connectivity index (χ1) is 16.6. The van der Waals surface area contributed by atoms with Gasteiger partial charge in [-0.15, -0.1) is 0 Å². The van der Waals surface area contributed by atoms with Crippen LogP contribution in [0.5, 0.6) is 5.75 Å². The molecule has 2 N–H and O–H groups in total. The van der Waals surface area contributed by atoms with Crippen LogP contribution in [0.2, 0.25) is 0 Å². The van der Waals surface area contributed by atoms with Crippen LogP contribution in [-0.4, -0.2) is 37.3 Å². The average molecular weight is 501 g/mol. The fourth-order valence-electron chi connectivity index (χ4n) is 3.20. The Balaban J connectivity index is 1.65. The second kappa shape index (κ2) is 11.2. The highest BCUT2D eigenvalue weighted by Crippen LogP contribution is 2.24. The Labute approximate surface area is 204 Å². The number of sulfone groups is 1. The Morgan fingerprint density at radius 3 is 2.34 bits per heavy atom. The predicted octanol–water partition coefficient (Wildman–Crippen LogP) is 4.07. The molecule has 0 fully saturated rings. The number of aryl methyl sites for hydroxylation is 1. The third-order valence-electron chi connectivity index (χ3n) is 5.18. The number of oxazole rings is 1. The van der Waals surface area contributed by atoms with Gasteiger partial charge in [0.25, 0.3) is 0 Å². The van der Waals surface area contributed by atoms with Crippen molar-refractivity contribution in [2.24, 2.45) is 0 Å². The Hall–Kier alpha value is -3.63. The van der Waals surface area contributed by atoms with Crippen LogP contribution in [0.25, 0.3) is 11.5 Å². The van der Waals surface area contributed by atoms with Crippen LogP contribution in [0.15, 0.2) is 69.1 Å². The second-order valence-corrected chi connectivity index (χ2v) is 9.89. The van der Waals surface area contributed by atoms with Crippen LogP contribution in [0.4, 0.5) is 0 Å².